The first-order valence-electron chi connectivity index (χ1n) is 14.4. The Morgan fingerprint density at radius 2 is 1.64 bits per heavy atom. The highest BCUT2D eigenvalue weighted by Gasteiger charge is 2.57. The van der Waals surface area contributed by atoms with Crippen LogP contribution in [0.2, 0.25) is 0 Å². The van der Waals surface area contributed by atoms with Gasteiger partial charge >= 0.3 is 0 Å². The van der Waals surface area contributed by atoms with Crippen molar-refractivity contribution >= 4 is 17.5 Å². The number of hydrogen-bond donors (Lipinski definition) is 0. The smallest absolute Gasteiger partial charge is 0.270 e. The monoisotopic (exact) mass is 584 g/mol. The molecule has 0 saturated carbocycles. The summed E-state index contributed by atoms with van der Waals surface area (Å²) in [5.41, 5.74) is 2.25. The van der Waals surface area contributed by atoms with Gasteiger partial charge in [0.2, 0.25) is 5.72 Å². The lowest BCUT2D eigenvalue weighted by atomic mass is 9.76. The van der Waals surface area contributed by atoms with Crippen LogP contribution in [0.5, 0.6) is 5.75 Å². The summed E-state index contributed by atoms with van der Waals surface area (Å²) in [4.78, 5) is 13.5. The van der Waals surface area contributed by atoms with Gasteiger partial charge in [0, 0.05) is 36.0 Å². The predicted octanol–water partition coefficient (Wildman–Crippen LogP) is 4.11. The van der Waals surface area contributed by atoms with Crippen molar-refractivity contribution in [3.05, 3.63) is 69.3 Å². The molecule has 42 heavy (non-hydrogen) atoms. The summed E-state index contributed by atoms with van der Waals surface area (Å²) in [7, 11) is 2.01. The molecule has 1 spiro atoms. The number of non-ortho nitro benzene ring substituents is 1. The van der Waals surface area contributed by atoms with Gasteiger partial charge < -0.3 is 38.1 Å². The van der Waals surface area contributed by atoms with Gasteiger partial charge in [0.25, 0.3) is 5.69 Å². The van der Waals surface area contributed by atoms with Gasteiger partial charge in [-0.3, -0.25) is 10.1 Å². The molecule has 5 rings (SSSR count). The zero-order valence-corrected chi connectivity index (χ0v) is 24.5. The van der Waals surface area contributed by atoms with Crippen LogP contribution in [-0.2, 0) is 40.4 Å². The number of ether oxygens (including phenoxy) is 7. The second kappa shape index (κ2) is 13.5. The van der Waals surface area contributed by atoms with Crippen molar-refractivity contribution in [3.8, 4) is 5.75 Å². The van der Waals surface area contributed by atoms with Crippen LogP contribution < -0.4 is 9.64 Å². The van der Waals surface area contributed by atoms with Crippen LogP contribution in [0.4, 0.5) is 11.4 Å². The lowest BCUT2D eigenvalue weighted by Crippen LogP contribution is -2.58. The first kappa shape index (κ1) is 30.4. The number of nitro groups is 1. The number of nitrogens with zero attached hydrogens (tertiary/aromatic N) is 2. The minimum atomic E-state index is -0.817. The highest BCUT2D eigenvalue weighted by atomic mass is 16.6. The minimum absolute atomic E-state index is 0.0199. The molecule has 1 saturated heterocycles. The Balaban J connectivity index is 1.31. The molecule has 0 N–H and O–H groups in total. The van der Waals surface area contributed by atoms with E-state index in [9.17, 15) is 10.1 Å². The molecule has 0 aromatic heterocycles. The van der Waals surface area contributed by atoms with Crippen LogP contribution in [0, 0.1) is 10.1 Å². The Hall–Kier alpha value is -3.06. The van der Waals surface area contributed by atoms with E-state index in [4.69, 9.17) is 33.2 Å². The highest BCUT2D eigenvalue weighted by Crippen LogP contribution is 2.54. The molecular weight excluding hydrogens is 544 g/mol. The van der Waals surface area contributed by atoms with Crippen LogP contribution in [0.1, 0.15) is 30.5 Å². The first-order valence-corrected chi connectivity index (χ1v) is 14.4. The average molecular weight is 585 g/mol. The molecule has 3 heterocycles. The van der Waals surface area contributed by atoms with Gasteiger partial charge in [-0.05, 0) is 37.6 Å². The molecule has 3 aliphatic heterocycles. The molecule has 0 bridgehead atoms. The maximum absolute atomic E-state index is 11.8. The zero-order valence-electron chi connectivity index (χ0n) is 24.5. The largest absolute Gasteiger partial charge is 0.462 e. The van der Waals surface area contributed by atoms with E-state index < -0.39 is 16.1 Å². The maximum Gasteiger partial charge on any atom is 0.270 e. The Morgan fingerprint density at radius 1 is 0.976 bits per heavy atom. The van der Waals surface area contributed by atoms with Crippen LogP contribution in [-0.4, -0.2) is 89.9 Å². The fourth-order valence-corrected chi connectivity index (χ4v) is 5.74. The van der Waals surface area contributed by atoms with E-state index in [-0.39, 0.29) is 25.0 Å². The topological polar surface area (TPSA) is 111 Å². The molecule has 0 aliphatic carbocycles. The van der Waals surface area contributed by atoms with E-state index in [1.165, 1.54) is 11.6 Å². The Morgan fingerprint density at radius 3 is 2.33 bits per heavy atom. The Kier molecular flexibility index (Phi) is 9.77. The average Bonchev–Trinajstić information content (AvgIpc) is 3.13. The molecule has 2 atom stereocenters. The number of benzene rings is 2. The number of fused-ring (bicyclic) bond motifs is 2. The van der Waals surface area contributed by atoms with Crippen LogP contribution >= 0.6 is 0 Å². The summed E-state index contributed by atoms with van der Waals surface area (Å²) >= 11 is 0. The van der Waals surface area contributed by atoms with Gasteiger partial charge in [0.05, 0.1) is 83.0 Å². The Labute approximate surface area is 246 Å². The van der Waals surface area contributed by atoms with Gasteiger partial charge in [0.1, 0.15) is 11.9 Å². The quantitative estimate of drug-likeness (QED) is 0.376. The third-order valence-corrected chi connectivity index (χ3v) is 8.03. The molecule has 3 aliphatic rings. The molecule has 11 heteroatoms. The summed E-state index contributed by atoms with van der Waals surface area (Å²) in [5, 5.41) is 11.8. The van der Waals surface area contributed by atoms with Crippen molar-refractivity contribution in [2.45, 2.75) is 37.7 Å². The molecule has 228 valence electrons. The molecule has 2 unspecified atom stereocenters. The summed E-state index contributed by atoms with van der Waals surface area (Å²) in [5.74, 6) is 0.572. The molecule has 1 fully saturated rings. The van der Waals surface area contributed by atoms with Crippen molar-refractivity contribution in [2.75, 3.05) is 78.0 Å². The number of para-hydroxylation sites is 1. The summed E-state index contributed by atoms with van der Waals surface area (Å²) < 4.78 is 41.2. The second-order valence-electron chi connectivity index (χ2n) is 11.0. The van der Waals surface area contributed by atoms with Crippen molar-refractivity contribution in [3.63, 3.8) is 0 Å². The van der Waals surface area contributed by atoms with E-state index >= 15 is 0 Å². The molecule has 11 nitrogen and oxygen atoms in total. The molecular formula is C31H40N2O9. The Bertz CT molecular complexity index is 1250. The molecule has 2 aromatic rings. The van der Waals surface area contributed by atoms with Gasteiger partial charge in [-0.2, -0.15) is 0 Å². The van der Waals surface area contributed by atoms with Crippen LogP contribution in [0.25, 0.3) is 6.08 Å². The standard InChI is InChI=1S/C31H40N2O9/c1-30(2)27-6-4-5-7-28(27)32(3)31(30)9-8-23-18-25(33(34)35)19-24(29(23)42-31)20-40-22-26-21-39-15-14-37-11-10-36-12-13-38-16-17-41-26/h4-9,18-19,26H,10-17,20-22H2,1-3H3. The minimum Gasteiger partial charge on any atom is -0.462 e. The van der Waals surface area contributed by atoms with E-state index in [1.54, 1.807) is 6.07 Å². The van der Waals surface area contributed by atoms with E-state index in [1.807, 2.05) is 31.3 Å². The summed E-state index contributed by atoms with van der Waals surface area (Å²) in [6.45, 7) is 8.59. The SMILES string of the molecule is CN1c2ccccc2C(C)(C)C12C=Cc1cc([N+](=O)[O-])cc(COCC3COCCOCCOCCOCCO3)c1O2. The van der Waals surface area contributed by atoms with Gasteiger partial charge in [-0.15, -0.1) is 0 Å². The first-order chi connectivity index (χ1) is 20.3. The number of rotatable bonds is 5. The number of likely N-dealkylation sites (N-methyl/N-ethyl adjacent to an activating group) is 1. The van der Waals surface area contributed by atoms with Crippen molar-refractivity contribution < 1.29 is 38.1 Å². The van der Waals surface area contributed by atoms with Crippen molar-refractivity contribution in [1.82, 2.24) is 0 Å². The normalized spacial score (nSPS) is 24.7. The van der Waals surface area contributed by atoms with Crippen molar-refractivity contribution in [2.24, 2.45) is 0 Å². The van der Waals surface area contributed by atoms with Crippen LogP contribution in [0.15, 0.2) is 42.5 Å². The number of hydrogen-bond acceptors (Lipinski definition) is 10. The third-order valence-electron chi connectivity index (χ3n) is 8.03. The highest BCUT2D eigenvalue weighted by molar-refractivity contribution is 5.73. The summed E-state index contributed by atoms with van der Waals surface area (Å²) in [6, 6.07) is 11.3. The lowest BCUT2D eigenvalue weighted by Gasteiger charge is -2.46. The second-order valence-corrected chi connectivity index (χ2v) is 11.0. The molecule has 0 amide bonds. The zero-order chi connectivity index (χ0) is 29.6. The van der Waals surface area contributed by atoms with Gasteiger partial charge in [-0.25, -0.2) is 0 Å². The number of nitro benzene ring substituents is 1. The van der Waals surface area contributed by atoms with Crippen molar-refractivity contribution in [1.29, 1.82) is 0 Å². The summed E-state index contributed by atoms with van der Waals surface area (Å²) in [6.07, 6.45) is 3.57. The third kappa shape index (κ3) is 6.31. The van der Waals surface area contributed by atoms with E-state index in [0.29, 0.717) is 76.3 Å². The molecule has 0 radical (unpaired) electrons. The fraction of sp³-hybridized carbons (Fsp3) is 0.548. The van der Waals surface area contributed by atoms with Gasteiger partial charge in [0.15, 0.2) is 0 Å². The number of anilines is 1. The van der Waals surface area contributed by atoms with E-state index in [0.717, 1.165) is 5.69 Å². The maximum atomic E-state index is 11.8. The van der Waals surface area contributed by atoms with Crippen LogP contribution in [0.3, 0.4) is 0 Å². The lowest BCUT2D eigenvalue weighted by molar-refractivity contribution is -0.385. The molecule has 2 aromatic carbocycles. The van der Waals surface area contributed by atoms with Gasteiger partial charge in [-0.1, -0.05) is 18.2 Å². The predicted molar refractivity (Wildman–Crippen MR) is 156 cm³/mol. The fourth-order valence-electron chi connectivity index (χ4n) is 5.74. The van der Waals surface area contributed by atoms with E-state index in [2.05, 4.69) is 30.9 Å².